The summed E-state index contributed by atoms with van der Waals surface area (Å²) in [5, 5.41) is 69.5. The molecule has 182 valence electrons. The van der Waals surface area contributed by atoms with Gasteiger partial charge in [0.05, 0.1) is 13.7 Å². The summed E-state index contributed by atoms with van der Waals surface area (Å²) in [6.07, 6.45) is -8.31. The van der Waals surface area contributed by atoms with Crippen LogP contribution in [0.4, 0.5) is 0 Å². The van der Waals surface area contributed by atoms with Gasteiger partial charge in [-0.15, -0.1) is 0 Å². The maximum absolute atomic E-state index is 13.4. The molecule has 7 N–H and O–H groups in total. The predicted octanol–water partition coefficient (Wildman–Crippen LogP) is -0.236. The molecule has 1 aliphatic heterocycles. The highest BCUT2D eigenvalue weighted by Crippen LogP contribution is 2.39. The number of phenols is 3. The van der Waals surface area contributed by atoms with Crippen molar-refractivity contribution in [3.8, 4) is 40.1 Å². The maximum atomic E-state index is 13.4. The number of hydrogen-bond donors (Lipinski definition) is 7. The lowest BCUT2D eigenvalue weighted by atomic mass is 9.99. The molecular weight excluding hydrogens is 456 g/mol. The van der Waals surface area contributed by atoms with Crippen LogP contribution in [0.3, 0.4) is 0 Å². The number of aliphatic hydroxyl groups is 4. The Bertz CT molecular complexity index is 1270. The van der Waals surface area contributed by atoms with Crippen LogP contribution in [0.25, 0.3) is 22.3 Å². The van der Waals surface area contributed by atoms with Crippen LogP contribution in [0, 0.1) is 0 Å². The van der Waals surface area contributed by atoms with E-state index in [0.29, 0.717) is 0 Å². The Balaban J connectivity index is 1.92. The lowest BCUT2D eigenvalue weighted by Gasteiger charge is -2.39. The van der Waals surface area contributed by atoms with E-state index >= 15 is 0 Å². The Morgan fingerprint density at radius 2 is 1.68 bits per heavy atom. The number of aromatic hydroxyl groups is 3. The van der Waals surface area contributed by atoms with Gasteiger partial charge in [0, 0.05) is 17.7 Å². The number of hydrogen-bond acceptors (Lipinski definition) is 12. The molecule has 2 aromatic carbocycles. The number of fused-ring (bicyclic) bond motifs is 1. The SMILES string of the molecule is COc1cc(O)c2c(=O)c(O[C@H]3O[C@H](CO)[C@H](O)C(O)C3O)c(-c3ccc(O)c(O)c3)oc2c1. The van der Waals surface area contributed by atoms with Crippen LogP contribution in [0.15, 0.2) is 39.5 Å². The highest BCUT2D eigenvalue weighted by Gasteiger charge is 2.45. The van der Waals surface area contributed by atoms with Crippen molar-refractivity contribution in [2.75, 3.05) is 13.7 Å². The molecule has 1 aliphatic rings. The van der Waals surface area contributed by atoms with Gasteiger partial charge in [-0.25, -0.2) is 0 Å². The van der Waals surface area contributed by atoms with E-state index in [1.54, 1.807) is 0 Å². The van der Waals surface area contributed by atoms with E-state index in [-0.39, 0.29) is 28.0 Å². The molecule has 12 nitrogen and oxygen atoms in total. The molecule has 5 atom stereocenters. The second kappa shape index (κ2) is 9.00. The third kappa shape index (κ3) is 3.97. The molecule has 3 aromatic rings. The number of methoxy groups -OCH3 is 1. The van der Waals surface area contributed by atoms with Crippen molar-refractivity contribution in [3.63, 3.8) is 0 Å². The topological polar surface area (TPSA) is 200 Å². The van der Waals surface area contributed by atoms with E-state index in [1.807, 2.05) is 0 Å². The summed E-state index contributed by atoms with van der Waals surface area (Å²) in [5.74, 6) is -2.16. The second-order valence-corrected chi connectivity index (χ2v) is 7.63. The van der Waals surface area contributed by atoms with E-state index in [1.165, 1.54) is 25.3 Å². The lowest BCUT2D eigenvalue weighted by molar-refractivity contribution is -0.277. The number of phenolic OH excluding ortho intramolecular Hbond substituents is 3. The maximum Gasteiger partial charge on any atom is 0.239 e. The Kier molecular flexibility index (Phi) is 6.25. The van der Waals surface area contributed by atoms with Crippen molar-refractivity contribution < 1.29 is 54.4 Å². The van der Waals surface area contributed by atoms with Gasteiger partial charge in [0.2, 0.25) is 17.5 Å². The van der Waals surface area contributed by atoms with Gasteiger partial charge >= 0.3 is 0 Å². The third-order valence-electron chi connectivity index (χ3n) is 5.46. The summed E-state index contributed by atoms with van der Waals surface area (Å²) in [6.45, 7) is -0.726. The zero-order valence-corrected chi connectivity index (χ0v) is 17.7. The van der Waals surface area contributed by atoms with Crippen LogP contribution in [0.2, 0.25) is 0 Å². The van der Waals surface area contributed by atoms with E-state index in [2.05, 4.69) is 0 Å². The van der Waals surface area contributed by atoms with Crippen LogP contribution < -0.4 is 14.9 Å². The minimum atomic E-state index is -1.83. The molecular formula is C22H22O12. The van der Waals surface area contributed by atoms with Crippen LogP contribution in [-0.4, -0.2) is 80.2 Å². The molecule has 0 spiro atoms. The van der Waals surface area contributed by atoms with Crippen molar-refractivity contribution in [3.05, 3.63) is 40.6 Å². The number of ether oxygens (including phenoxy) is 3. The average Bonchev–Trinajstić information content (AvgIpc) is 2.82. The Hall–Kier alpha value is -3.55. The van der Waals surface area contributed by atoms with Gasteiger partial charge in [0.1, 0.15) is 46.9 Å². The van der Waals surface area contributed by atoms with Crippen molar-refractivity contribution >= 4 is 11.0 Å². The van der Waals surface area contributed by atoms with Gasteiger partial charge < -0.3 is 54.4 Å². The number of rotatable bonds is 5. The molecule has 4 rings (SSSR count). The summed E-state index contributed by atoms with van der Waals surface area (Å²) >= 11 is 0. The Morgan fingerprint density at radius 3 is 2.32 bits per heavy atom. The molecule has 2 unspecified atom stereocenters. The van der Waals surface area contributed by atoms with Gasteiger partial charge in [-0.1, -0.05) is 0 Å². The minimum Gasteiger partial charge on any atom is -0.507 e. The van der Waals surface area contributed by atoms with Crippen molar-refractivity contribution in [2.24, 2.45) is 0 Å². The van der Waals surface area contributed by atoms with Gasteiger partial charge in [0.25, 0.3) is 0 Å². The smallest absolute Gasteiger partial charge is 0.239 e. The molecule has 2 heterocycles. The first-order valence-corrected chi connectivity index (χ1v) is 10.0. The van der Waals surface area contributed by atoms with Crippen molar-refractivity contribution in [1.82, 2.24) is 0 Å². The van der Waals surface area contributed by atoms with E-state index in [0.717, 1.165) is 12.1 Å². The molecule has 1 saturated heterocycles. The van der Waals surface area contributed by atoms with E-state index in [4.69, 9.17) is 18.6 Å². The van der Waals surface area contributed by atoms with Gasteiger partial charge in [0.15, 0.2) is 17.3 Å². The first-order valence-electron chi connectivity index (χ1n) is 10.0. The summed E-state index contributed by atoms with van der Waals surface area (Å²) < 4.78 is 21.8. The fraction of sp³-hybridized carbons (Fsp3) is 0.318. The van der Waals surface area contributed by atoms with Crippen LogP contribution in [0.5, 0.6) is 28.7 Å². The summed E-state index contributed by atoms with van der Waals surface area (Å²) in [5.41, 5.74) is -0.942. The van der Waals surface area contributed by atoms with Gasteiger partial charge in [-0.3, -0.25) is 4.79 Å². The highest BCUT2D eigenvalue weighted by atomic mass is 16.7. The highest BCUT2D eigenvalue weighted by molar-refractivity contribution is 5.88. The Morgan fingerprint density at radius 1 is 0.941 bits per heavy atom. The Labute approximate surface area is 191 Å². The number of benzene rings is 2. The summed E-state index contributed by atoms with van der Waals surface area (Å²) in [4.78, 5) is 13.4. The molecule has 1 fully saturated rings. The largest absolute Gasteiger partial charge is 0.507 e. The molecule has 0 amide bonds. The standard InChI is InChI=1S/C22H22O12/c1-31-9-5-12(26)15-13(6-9)32-20(8-2-3-10(24)11(25)4-8)21(17(15)28)34-22-19(30)18(29)16(27)14(7-23)33-22/h2-6,14,16,18-19,22-27,29-30H,7H2,1H3/t14-,16+,18?,19?,22-/m1/s1. The molecule has 0 saturated carbocycles. The monoisotopic (exact) mass is 478 g/mol. The molecule has 0 aliphatic carbocycles. The summed E-state index contributed by atoms with van der Waals surface area (Å²) in [7, 11) is 1.34. The summed E-state index contributed by atoms with van der Waals surface area (Å²) in [6, 6.07) is 6.02. The second-order valence-electron chi connectivity index (χ2n) is 7.63. The van der Waals surface area contributed by atoms with Crippen molar-refractivity contribution in [1.29, 1.82) is 0 Å². The first kappa shape index (κ1) is 23.6. The third-order valence-corrected chi connectivity index (χ3v) is 5.46. The van der Waals surface area contributed by atoms with Crippen LogP contribution >= 0.6 is 0 Å². The minimum absolute atomic E-state index is 0.0659. The molecule has 34 heavy (non-hydrogen) atoms. The van der Waals surface area contributed by atoms with Gasteiger partial charge in [-0.2, -0.15) is 0 Å². The zero-order valence-electron chi connectivity index (χ0n) is 17.7. The molecule has 12 heteroatoms. The van der Waals surface area contributed by atoms with Gasteiger partial charge in [-0.05, 0) is 18.2 Å². The molecule has 1 aromatic heterocycles. The van der Waals surface area contributed by atoms with Crippen molar-refractivity contribution in [2.45, 2.75) is 30.7 Å². The molecule has 0 bridgehead atoms. The van der Waals surface area contributed by atoms with Crippen LogP contribution in [0.1, 0.15) is 0 Å². The predicted molar refractivity (Wildman–Crippen MR) is 114 cm³/mol. The normalized spacial score (nSPS) is 24.8. The van der Waals surface area contributed by atoms with E-state index in [9.17, 15) is 40.5 Å². The zero-order chi connectivity index (χ0) is 24.7. The first-order chi connectivity index (χ1) is 16.2. The lowest BCUT2D eigenvalue weighted by Crippen LogP contribution is -2.60. The quantitative estimate of drug-likeness (QED) is 0.238. The fourth-order valence-electron chi connectivity index (χ4n) is 3.62. The number of aliphatic hydroxyl groups excluding tert-OH is 4. The van der Waals surface area contributed by atoms with Crippen LogP contribution in [-0.2, 0) is 4.74 Å². The molecule has 0 radical (unpaired) electrons. The fourth-order valence-corrected chi connectivity index (χ4v) is 3.62. The van der Waals surface area contributed by atoms with E-state index < -0.39 is 65.7 Å². The average molecular weight is 478 g/mol.